The highest BCUT2D eigenvalue weighted by Gasteiger charge is 2.18. The molecule has 0 aromatic carbocycles. The fraction of sp³-hybridized carbons (Fsp3) is 0.615. The van der Waals surface area contributed by atoms with Crippen molar-refractivity contribution in [3.05, 3.63) is 12.0 Å². The summed E-state index contributed by atoms with van der Waals surface area (Å²) in [6.07, 6.45) is 2.66. The Hall–Kier alpha value is -1.30. The summed E-state index contributed by atoms with van der Waals surface area (Å²) in [5.41, 5.74) is 1.40. The molecule has 0 spiro atoms. The fourth-order valence-corrected chi connectivity index (χ4v) is 2.77. The van der Waals surface area contributed by atoms with Crippen molar-refractivity contribution in [1.29, 1.82) is 0 Å². The predicted octanol–water partition coefficient (Wildman–Crippen LogP) is 2.89. The van der Waals surface area contributed by atoms with Gasteiger partial charge in [-0.3, -0.25) is 0 Å². The number of thioether (sulfide) groups is 1. The van der Waals surface area contributed by atoms with Gasteiger partial charge in [0.1, 0.15) is 17.5 Å². The van der Waals surface area contributed by atoms with Gasteiger partial charge in [0, 0.05) is 13.1 Å². The maximum Gasteiger partial charge on any atom is 0.263 e. The van der Waals surface area contributed by atoms with Crippen molar-refractivity contribution in [2.24, 2.45) is 0 Å². The molecule has 2 aromatic rings. The lowest BCUT2D eigenvalue weighted by molar-refractivity contribution is 0.442. The first kappa shape index (κ1) is 14.1. The monoisotopic (exact) mass is 280 g/mol. The highest BCUT2D eigenvalue weighted by atomic mass is 32.2. The Bertz CT molecular complexity index is 542. The zero-order chi connectivity index (χ0) is 13.8. The molecule has 0 unspecified atom stereocenters. The van der Waals surface area contributed by atoms with Crippen LogP contribution in [0.15, 0.2) is 10.9 Å². The van der Waals surface area contributed by atoms with Crippen LogP contribution < -0.4 is 4.90 Å². The van der Waals surface area contributed by atoms with Crippen LogP contribution in [0.4, 0.5) is 5.82 Å². The fourth-order valence-electron chi connectivity index (χ4n) is 1.97. The van der Waals surface area contributed by atoms with Crippen LogP contribution in [0.5, 0.6) is 0 Å². The average Bonchev–Trinajstić information content (AvgIpc) is 2.80. The summed E-state index contributed by atoms with van der Waals surface area (Å²) in [4.78, 5) is 10.7. The van der Waals surface area contributed by atoms with Gasteiger partial charge in [-0.1, -0.05) is 12.1 Å². The molecule has 19 heavy (non-hydrogen) atoms. The van der Waals surface area contributed by atoms with E-state index in [4.69, 9.17) is 4.52 Å². The van der Waals surface area contributed by atoms with E-state index in [2.05, 4.69) is 40.9 Å². The topological polar surface area (TPSA) is 55.1 Å². The number of rotatable bonds is 6. The molecule has 2 heterocycles. The normalized spacial score (nSPS) is 12.8. The molecule has 0 bridgehead atoms. The quantitative estimate of drug-likeness (QED) is 0.758. The van der Waals surface area contributed by atoms with Gasteiger partial charge >= 0.3 is 0 Å². The summed E-state index contributed by atoms with van der Waals surface area (Å²) in [5.74, 6) is 3.23. The first-order valence-corrected chi connectivity index (χ1v) is 7.68. The number of hydrogen-bond acceptors (Lipinski definition) is 6. The van der Waals surface area contributed by atoms with Gasteiger partial charge in [-0.2, -0.15) is 16.7 Å². The molecular weight excluding hydrogens is 260 g/mol. The van der Waals surface area contributed by atoms with E-state index in [0.717, 1.165) is 23.3 Å². The number of aryl methyl sites for hydroxylation is 1. The van der Waals surface area contributed by atoms with Gasteiger partial charge in [-0.25, -0.2) is 4.98 Å². The van der Waals surface area contributed by atoms with Crippen molar-refractivity contribution < 1.29 is 4.52 Å². The molecule has 0 saturated carbocycles. The van der Waals surface area contributed by atoms with E-state index in [1.807, 2.05) is 18.7 Å². The van der Waals surface area contributed by atoms with Crippen molar-refractivity contribution >= 4 is 28.7 Å². The van der Waals surface area contributed by atoms with Crippen molar-refractivity contribution in [3.63, 3.8) is 0 Å². The summed E-state index contributed by atoms with van der Waals surface area (Å²) in [7, 11) is 2.06. The predicted molar refractivity (Wildman–Crippen MR) is 79.8 cm³/mol. The van der Waals surface area contributed by atoms with Crippen LogP contribution in [-0.2, 0) is 0 Å². The minimum absolute atomic E-state index is 0.423. The molecule has 0 N–H and O–H groups in total. The van der Waals surface area contributed by atoms with Gasteiger partial charge in [0.15, 0.2) is 0 Å². The van der Waals surface area contributed by atoms with Gasteiger partial charge < -0.3 is 9.42 Å². The average molecular weight is 280 g/mol. The Morgan fingerprint density at radius 3 is 2.95 bits per heavy atom. The molecule has 104 valence electrons. The van der Waals surface area contributed by atoms with E-state index in [9.17, 15) is 0 Å². The Morgan fingerprint density at radius 1 is 1.42 bits per heavy atom. The highest BCUT2D eigenvalue weighted by Crippen LogP contribution is 2.26. The molecule has 5 nitrogen and oxygen atoms in total. The molecule has 0 aliphatic rings. The Morgan fingerprint density at radius 2 is 2.21 bits per heavy atom. The third kappa shape index (κ3) is 3.00. The maximum absolute atomic E-state index is 5.19. The molecule has 0 radical (unpaired) electrons. The van der Waals surface area contributed by atoms with Crippen molar-refractivity contribution in [2.45, 2.75) is 33.2 Å². The summed E-state index contributed by atoms with van der Waals surface area (Å²) in [6.45, 7) is 6.32. The molecule has 0 aliphatic heterocycles. The highest BCUT2D eigenvalue weighted by molar-refractivity contribution is 7.99. The van der Waals surface area contributed by atoms with Gasteiger partial charge in [0.2, 0.25) is 0 Å². The number of fused-ring (bicyclic) bond motifs is 1. The summed E-state index contributed by atoms with van der Waals surface area (Å²) < 4.78 is 5.19. The van der Waals surface area contributed by atoms with Crippen LogP contribution in [0.25, 0.3) is 11.1 Å². The van der Waals surface area contributed by atoms with Crippen molar-refractivity contribution in [1.82, 2.24) is 15.1 Å². The molecule has 0 aliphatic carbocycles. The minimum atomic E-state index is 0.423. The van der Waals surface area contributed by atoms with Crippen LogP contribution in [0.3, 0.4) is 0 Å². The Labute approximate surface area is 117 Å². The molecular formula is C13H20N4OS. The zero-order valence-corrected chi connectivity index (χ0v) is 12.7. The van der Waals surface area contributed by atoms with E-state index < -0.39 is 0 Å². The van der Waals surface area contributed by atoms with Crippen LogP contribution >= 0.6 is 11.8 Å². The van der Waals surface area contributed by atoms with Crippen LogP contribution in [0, 0.1) is 6.92 Å². The van der Waals surface area contributed by atoms with Crippen LogP contribution in [-0.4, -0.2) is 39.7 Å². The lowest BCUT2D eigenvalue weighted by Crippen LogP contribution is -2.30. The second-order valence-electron chi connectivity index (χ2n) is 4.59. The smallest absolute Gasteiger partial charge is 0.263 e. The molecule has 2 rings (SSSR count). The van der Waals surface area contributed by atoms with E-state index in [-0.39, 0.29) is 0 Å². The Balaban J connectivity index is 2.20. The lowest BCUT2D eigenvalue weighted by atomic mass is 10.2. The molecule has 0 fully saturated rings. The summed E-state index contributed by atoms with van der Waals surface area (Å²) in [5, 5.41) is 4.88. The number of anilines is 1. The van der Waals surface area contributed by atoms with Crippen LogP contribution in [0.1, 0.15) is 26.0 Å². The summed E-state index contributed by atoms with van der Waals surface area (Å²) in [6, 6.07) is 0.423. The molecule has 0 saturated heterocycles. The third-order valence-corrected chi connectivity index (χ3v) is 4.24. The van der Waals surface area contributed by atoms with Gasteiger partial charge in [0.05, 0.1) is 5.69 Å². The standard InChI is InChI=1S/C13H20N4OS/c1-5-19-7-6-9(2)17(4)12-11-10(3)16-18-13(11)15-8-14-12/h8-9H,5-7H2,1-4H3/t9-/m1/s1. The number of nitrogens with zero attached hydrogens (tertiary/aromatic N) is 4. The zero-order valence-electron chi connectivity index (χ0n) is 11.9. The first-order chi connectivity index (χ1) is 9.15. The third-order valence-electron chi connectivity index (χ3n) is 3.30. The second-order valence-corrected chi connectivity index (χ2v) is 5.98. The van der Waals surface area contributed by atoms with E-state index >= 15 is 0 Å². The first-order valence-electron chi connectivity index (χ1n) is 6.52. The lowest BCUT2D eigenvalue weighted by Gasteiger charge is -2.26. The van der Waals surface area contributed by atoms with Crippen molar-refractivity contribution in [2.75, 3.05) is 23.5 Å². The molecule has 6 heteroatoms. The number of hydrogen-bond donors (Lipinski definition) is 0. The maximum atomic E-state index is 5.19. The van der Waals surface area contributed by atoms with Gasteiger partial charge in [-0.05, 0) is 31.8 Å². The number of aromatic nitrogens is 3. The minimum Gasteiger partial charge on any atom is -0.356 e. The molecule has 0 amide bonds. The SMILES string of the molecule is CCSCC[C@@H](C)N(C)c1ncnc2onc(C)c12. The van der Waals surface area contributed by atoms with E-state index in [1.54, 1.807) is 0 Å². The van der Waals surface area contributed by atoms with Crippen molar-refractivity contribution in [3.8, 4) is 0 Å². The Kier molecular flexibility index (Phi) is 4.63. The molecule has 1 atom stereocenters. The van der Waals surface area contributed by atoms with Gasteiger partial charge in [-0.15, -0.1) is 0 Å². The van der Waals surface area contributed by atoms with Gasteiger partial charge in [0.25, 0.3) is 5.71 Å². The summed E-state index contributed by atoms with van der Waals surface area (Å²) >= 11 is 1.97. The largest absolute Gasteiger partial charge is 0.356 e. The second kappa shape index (κ2) is 6.23. The molecule has 2 aromatic heterocycles. The van der Waals surface area contributed by atoms with Crippen LogP contribution in [0.2, 0.25) is 0 Å². The van der Waals surface area contributed by atoms with E-state index in [1.165, 1.54) is 17.8 Å². The van der Waals surface area contributed by atoms with E-state index in [0.29, 0.717) is 11.8 Å².